The molecule has 0 spiro atoms. The average molecular weight is 325 g/mol. The van der Waals surface area contributed by atoms with E-state index in [2.05, 4.69) is 25.4 Å². The zero-order chi connectivity index (χ0) is 17.3. The Bertz CT molecular complexity index is 881. The Balaban J connectivity index is 1.77. The maximum absolute atomic E-state index is 12.3. The lowest BCUT2D eigenvalue weighted by atomic mass is 10.1. The quantitative estimate of drug-likeness (QED) is 0.769. The standard InChI is InChI=1S/C17H19N5O2/c1-9-7-5-6-8-13(9)15-21-17(24-22-15)11(3)19-16(23)14-10(2)18-12(4)20-14/h5-8,11H,1-4H3,(H,18,20)(H,19,23). The van der Waals surface area contributed by atoms with Gasteiger partial charge >= 0.3 is 0 Å². The third-order valence-corrected chi connectivity index (χ3v) is 3.76. The smallest absolute Gasteiger partial charge is 0.272 e. The third kappa shape index (κ3) is 3.05. The molecule has 2 N–H and O–H groups in total. The van der Waals surface area contributed by atoms with Crippen LogP contribution in [0.25, 0.3) is 11.4 Å². The summed E-state index contributed by atoms with van der Waals surface area (Å²) >= 11 is 0. The zero-order valence-electron chi connectivity index (χ0n) is 14.0. The molecular weight excluding hydrogens is 306 g/mol. The van der Waals surface area contributed by atoms with Gasteiger partial charge in [-0.05, 0) is 33.3 Å². The molecule has 0 aliphatic carbocycles. The number of aromatic amines is 1. The molecule has 24 heavy (non-hydrogen) atoms. The van der Waals surface area contributed by atoms with Crippen molar-refractivity contribution in [2.24, 2.45) is 0 Å². The first kappa shape index (κ1) is 15.9. The van der Waals surface area contributed by atoms with E-state index in [1.54, 1.807) is 13.8 Å². The topological polar surface area (TPSA) is 96.7 Å². The molecule has 3 rings (SSSR count). The predicted octanol–water partition coefficient (Wildman–Crippen LogP) is 2.88. The number of amides is 1. The van der Waals surface area contributed by atoms with E-state index in [9.17, 15) is 4.79 Å². The largest absolute Gasteiger partial charge is 0.346 e. The maximum atomic E-state index is 12.3. The molecule has 1 amide bonds. The number of hydrogen-bond acceptors (Lipinski definition) is 5. The van der Waals surface area contributed by atoms with Crippen LogP contribution in [0.2, 0.25) is 0 Å². The second-order valence-corrected chi connectivity index (χ2v) is 5.76. The SMILES string of the molecule is Cc1nc(C(=O)NC(C)c2nc(-c3ccccc3C)no2)c(C)[nH]1. The number of nitrogens with one attached hydrogen (secondary N) is 2. The molecule has 124 valence electrons. The van der Waals surface area contributed by atoms with Crippen molar-refractivity contribution in [3.63, 3.8) is 0 Å². The van der Waals surface area contributed by atoms with Crippen LogP contribution in [0.4, 0.5) is 0 Å². The zero-order valence-corrected chi connectivity index (χ0v) is 14.0. The highest BCUT2D eigenvalue weighted by atomic mass is 16.5. The molecule has 0 aliphatic heterocycles. The normalized spacial score (nSPS) is 12.2. The molecule has 0 fully saturated rings. The van der Waals surface area contributed by atoms with Crippen LogP contribution in [-0.4, -0.2) is 26.0 Å². The summed E-state index contributed by atoms with van der Waals surface area (Å²) in [5.41, 5.74) is 3.07. The van der Waals surface area contributed by atoms with E-state index < -0.39 is 6.04 Å². The number of aryl methyl sites for hydroxylation is 3. The summed E-state index contributed by atoms with van der Waals surface area (Å²) in [6.45, 7) is 7.39. The van der Waals surface area contributed by atoms with Gasteiger partial charge in [0.2, 0.25) is 11.7 Å². The molecule has 2 aromatic heterocycles. The van der Waals surface area contributed by atoms with Crippen molar-refractivity contribution in [1.82, 2.24) is 25.4 Å². The van der Waals surface area contributed by atoms with Gasteiger partial charge in [0, 0.05) is 11.3 Å². The van der Waals surface area contributed by atoms with Gasteiger partial charge in [-0.3, -0.25) is 4.79 Å². The number of carbonyl (C=O) groups is 1. The van der Waals surface area contributed by atoms with Crippen LogP contribution in [0, 0.1) is 20.8 Å². The number of nitrogens with zero attached hydrogens (tertiary/aromatic N) is 3. The van der Waals surface area contributed by atoms with Gasteiger partial charge in [0.1, 0.15) is 17.6 Å². The Labute approximate surface area is 139 Å². The Hall–Kier alpha value is -2.96. The van der Waals surface area contributed by atoms with Gasteiger partial charge in [-0.25, -0.2) is 4.98 Å². The molecule has 7 heteroatoms. The van der Waals surface area contributed by atoms with Gasteiger partial charge in [0.05, 0.1) is 0 Å². The molecule has 3 aromatic rings. The van der Waals surface area contributed by atoms with E-state index in [1.165, 1.54) is 0 Å². The number of rotatable bonds is 4. The van der Waals surface area contributed by atoms with Gasteiger partial charge in [0.15, 0.2) is 0 Å². The summed E-state index contributed by atoms with van der Waals surface area (Å²) in [6.07, 6.45) is 0. The number of carbonyl (C=O) groups excluding carboxylic acids is 1. The molecule has 1 unspecified atom stereocenters. The summed E-state index contributed by atoms with van der Waals surface area (Å²) in [7, 11) is 0. The third-order valence-electron chi connectivity index (χ3n) is 3.76. The van der Waals surface area contributed by atoms with E-state index in [0.29, 0.717) is 23.2 Å². The van der Waals surface area contributed by atoms with Crippen molar-refractivity contribution in [1.29, 1.82) is 0 Å². The lowest BCUT2D eigenvalue weighted by Gasteiger charge is -2.08. The van der Waals surface area contributed by atoms with Crippen molar-refractivity contribution < 1.29 is 9.32 Å². The Morgan fingerprint density at radius 1 is 1.21 bits per heavy atom. The van der Waals surface area contributed by atoms with Gasteiger partial charge in [-0.1, -0.05) is 29.4 Å². The number of aromatic nitrogens is 4. The fourth-order valence-corrected chi connectivity index (χ4v) is 2.50. The van der Waals surface area contributed by atoms with Crippen molar-refractivity contribution in [3.05, 3.63) is 52.9 Å². The van der Waals surface area contributed by atoms with Crippen molar-refractivity contribution in [2.45, 2.75) is 33.7 Å². The second-order valence-electron chi connectivity index (χ2n) is 5.76. The number of imidazole rings is 1. The van der Waals surface area contributed by atoms with Crippen LogP contribution in [0.15, 0.2) is 28.8 Å². The highest BCUT2D eigenvalue weighted by Crippen LogP contribution is 2.22. The molecule has 0 saturated carbocycles. The van der Waals surface area contributed by atoms with E-state index >= 15 is 0 Å². The first-order valence-corrected chi connectivity index (χ1v) is 7.69. The van der Waals surface area contributed by atoms with Crippen LogP contribution >= 0.6 is 0 Å². The van der Waals surface area contributed by atoms with Gasteiger partial charge in [-0.2, -0.15) is 4.98 Å². The number of hydrogen-bond donors (Lipinski definition) is 2. The molecule has 1 atom stereocenters. The first-order chi connectivity index (χ1) is 11.5. The van der Waals surface area contributed by atoms with E-state index in [-0.39, 0.29) is 5.91 Å². The van der Waals surface area contributed by atoms with Gasteiger partial charge in [0.25, 0.3) is 5.91 Å². The summed E-state index contributed by atoms with van der Waals surface area (Å²) in [5.74, 6) is 1.28. The Morgan fingerprint density at radius 3 is 2.62 bits per heavy atom. The van der Waals surface area contributed by atoms with Gasteiger partial charge < -0.3 is 14.8 Å². The van der Waals surface area contributed by atoms with Crippen LogP contribution in [-0.2, 0) is 0 Å². The summed E-state index contributed by atoms with van der Waals surface area (Å²) in [5, 5.41) is 6.84. The molecule has 0 aliphatic rings. The fraction of sp³-hybridized carbons (Fsp3) is 0.294. The number of benzene rings is 1. The monoisotopic (exact) mass is 325 g/mol. The van der Waals surface area contributed by atoms with E-state index in [4.69, 9.17) is 4.52 Å². The molecule has 0 radical (unpaired) electrons. The molecule has 0 bridgehead atoms. The minimum Gasteiger partial charge on any atom is -0.346 e. The minimum absolute atomic E-state index is 0.278. The van der Waals surface area contributed by atoms with Crippen molar-refractivity contribution in [2.75, 3.05) is 0 Å². The maximum Gasteiger partial charge on any atom is 0.272 e. The van der Waals surface area contributed by atoms with E-state index in [1.807, 2.05) is 38.1 Å². The van der Waals surface area contributed by atoms with Crippen molar-refractivity contribution in [3.8, 4) is 11.4 Å². The van der Waals surface area contributed by atoms with Crippen LogP contribution in [0.3, 0.4) is 0 Å². The highest BCUT2D eigenvalue weighted by molar-refractivity contribution is 5.93. The molecule has 1 aromatic carbocycles. The average Bonchev–Trinajstić information content (AvgIpc) is 3.14. The summed E-state index contributed by atoms with van der Waals surface area (Å²) < 4.78 is 5.30. The Kier molecular flexibility index (Phi) is 4.16. The summed E-state index contributed by atoms with van der Waals surface area (Å²) in [6, 6.07) is 7.38. The molecular formula is C17H19N5O2. The number of H-pyrrole nitrogens is 1. The fourth-order valence-electron chi connectivity index (χ4n) is 2.50. The summed E-state index contributed by atoms with van der Waals surface area (Å²) in [4.78, 5) is 23.9. The molecule has 2 heterocycles. The van der Waals surface area contributed by atoms with Crippen LogP contribution in [0.5, 0.6) is 0 Å². The van der Waals surface area contributed by atoms with E-state index in [0.717, 1.165) is 16.8 Å². The predicted molar refractivity (Wildman–Crippen MR) is 88.4 cm³/mol. The minimum atomic E-state index is -0.417. The second kappa shape index (κ2) is 6.27. The van der Waals surface area contributed by atoms with Crippen molar-refractivity contribution >= 4 is 5.91 Å². The van der Waals surface area contributed by atoms with Crippen LogP contribution in [0.1, 0.15) is 46.4 Å². The Morgan fingerprint density at radius 2 is 1.96 bits per heavy atom. The van der Waals surface area contributed by atoms with Crippen LogP contribution < -0.4 is 5.32 Å². The molecule has 0 saturated heterocycles. The van der Waals surface area contributed by atoms with Gasteiger partial charge in [-0.15, -0.1) is 0 Å². The first-order valence-electron chi connectivity index (χ1n) is 7.69. The lowest BCUT2D eigenvalue weighted by molar-refractivity contribution is 0.0927. The highest BCUT2D eigenvalue weighted by Gasteiger charge is 2.21. The lowest BCUT2D eigenvalue weighted by Crippen LogP contribution is -2.27. The molecule has 7 nitrogen and oxygen atoms in total.